The molecule has 0 spiro atoms. The molecule has 142 valence electrons. The van der Waals surface area contributed by atoms with Gasteiger partial charge in [-0.1, -0.05) is 30.3 Å². The van der Waals surface area contributed by atoms with Gasteiger partial charge < -0.3 is 9.84 Å². The molecule has 1 unspecified atom stereocenters. The van der Waals surface area contributed by atoms with Gasteiger partial charge in [-0.25, -0.2) is 17.5 Å². The first-order chi connectivity index (χ1) is 12.2. The molecule has 0 amide bonds. The quantitative estimate of drug-likeness (QED) is 0.700. The molecule has 5 nitrogen and oxygen atoms in total. The second-order valence-corrected chi connectivity index (χ2v) is 8.10. The number of rotatable bonds is 9. The topological polar surface area (TPSA) is 75.6 Å². The fourth-order valence-corrected chi connectivity index (χ4v) is 3.58. The number of nitrogens with one attached hydrogen (secondary N) is 1. The minimum atomic E-state index is -3.94. The molecule has 0 heterocycles. The highest BCUT2D eigenvalue weighted by Gasteiger charge is 2.24. The molecular weight excluding hydrogens is 357 g/mol. The minimum absolute atomic E-state index is 0.00121. The van der Waals surface area contributed by atoms with Gasteiger partial charge in [0.15, 0.2) is 11.6 Å². The molecule has 0 aliphatic rings. The Morgan fingerprint density at radius 3 is 2.50 bits per heavy atom. The van der Waals surface area contributed by atoms with Crippen molar-refractivity contribution in [1.82, 2.24) is 4.72 Å². The third kappa shape index (κ3) is 5.79. The molecule has 26 heavy (non-hydrogen) atoms. The number of benzene rings is 2. The summed E-state index contributed by atoms with van der Waals surface area (Å²) in [6.45, 7) is 3.39. The number of sulfonamides is 1. The molecule has 2 N–H and O–H groups in total. The van der Waals surface area contributed by atoms with Gasteiger partial charge in [-0.15, -0.1) is 0 Å². The number of ether oxygens (including phenoxy) is 1. The van der Waals surface area contributed by atoms with Crippen molar-refractivity contribution in [2.45, 2.75) is 37.2 Å². The summed E-state index contributed by atoms with van der Waals surface area (Å²) in [6, 6.07) is 13.1. The summed E-state index contributed by atoms with van der Waals surface area (Å²) in [6.07, 6.45) is 1.00. The van der Waals surface area contributed by atoms with Gasteiger partial charge >= 0.3 is 0 Å². The molecule has 0 aromatic heterocycles. The SMILES string of the molecule is CCOc1ccc(S(=O)(=O)NCC(C)(O)CCc2ccccc2)cc1F. The van der Waals surface area contributed by atoms with E-state index in [0.717, 1.165) is 11.6 Å². The van der Waals surface area contributed by atoms with Crippen molar-refractivity contribution in [3.8, 4) is 5.75 Å². The summed E-state index contributed by atoms with van der Waals surface area (Å²) in [7, 11) is -3.94. The molecule has 0 bridgehead atoms. The Labute approximate surface area is 153 Å². The number of hydrogen-bond donors (Lipinski definition) is 2. The fourth-order valence-electron chi connectivity index (χ4n) is 2.40. The highest BCUT2D eigenvalue weighted by Crippen LogP contribution is 2.21. The Hall–Kier alpha value is -1.96. The van der Waals surface area contributed by atoms with E-state index < -0.39 is 21.4 Å². The number of aliphatic hydroxyl groups is 1. The van der Waals surface area contributed by atoms with E-state index in [-0.39, 0.29) is 23.8 Å². The molecule has 2 rings (SSSR count). The van der Waals surface area contributed by atoms with Gasteiger partial charge in [0.1, 0.15) is 0 Å². The van der Waals surface area contributed by atoms with Crippen LogP contribution < -0.4 is 9.46 Å². The zero-order valence-corrected chi connectivity index (χ0v) is 15.7. The van der Waals surface area contributed by atoms with Gasteiger partial charge in [-0.05, 0) is 50.5 Å². The summed E-state index contributed by atoms with van der Waals surface area (Å²) in [5.41, 5.74) is -0.170. The van der Waals surface area contributed by atoms with Gasteiger partial charge in [0.05, 0.1) is 17.1 Å². The molecule has 0 saturated heterocycles. The first-order valence-corrected chi connectivity index (χ1v) is 9.90. The number of hydrogen-bond acceptors (Lipinski definition) is 4. The molecule has 0 radical (unpaired) electrons. The Morgan fingerprint density at radius 1 is 1.19 bits per heavy atom. The zero-order valence-electron chi connectivity index (χ0n) is 14.9. The molecule has 0 fully saturated rings. The lowest BCUT2D eigenvalue weighted by atomic mass is 9.97. The van der Waals surface area contributed by atoms with Crippen LogP contribution >= 0.6 is 0 Å². The van der Waals surface area contributed by atoms with Gasteiger partial charge in [0.2, 0.25) is 10.0 Å². The maximum Gasteiger partial charge on any atom is 0.240 e. The molecule has 7 heteroatoms. The van der Waals surface area contributed by atoms with Crippen LogP contribution in [0.4, 0.5) is 4.39 Å². The lowest BCUT2D eigenvalue weighted by Crippen LogP contribution is -2.40. The molecular formula is C19H24FNO4S. The average molecular weight is 381 g/mol. The Bertz CT molecular complexity index is 823. The highest BCUT2D eigenvalue weighted by molar-refractivity contribution is 7.89. The molecule has 0 aliphatic heterocycles. The second kappa shape index (κ2) is 8.62. The van der Waals surface area contributed by atoms with Gasteiger partial charge in [0, 0.05) is 6.54 Å². The van der Waals surface area contributed by atoms with Crippen molar-refractivity contribution < 1.29 is 22.7 Å². The number of aryl methyl sites for hydroxylation is 1. The zero-order chi connectivity index (χ0) is 19.2. The maximum atomic E-state index is 13.9. The second-order valence-electron chi connectivity index (χ2n) is 6.33. The summed E-state index contributed by atoms with van der Waals surface area (Å²) >= 11 is 0. The Balaban J connectivity index is 1.99. The van der Waals surface area contributed by atoms with E-state index in [1.54, 1.807) is 13.8 Å². The Kier molecular flexibility index (Phi) is 6.75. The summed E-state index contributed by atoms with van der Waals surface area (Å²) in [5, 5.41) is 10.4. The lowest BCUT2D eigenvalue weighted by molar-refractivity contribution is 0.0565. The van der Waals surface area contributed by atoms with E-state index in [1.165, 1.54) is 12.1 Å². The fraction of sp³-hybridized carbons (Fsp3) is 0.368. The van der Waals surface area contributed by atoms with E-state index in [9.17, 15) is 17.9 Å². The standard InChI is InChI=1S/C19H24FNO4S/c1-3-25-18-10-9-16(13-17(18)20)26(23,24)21-14-19(2,22)12-11-15-7-5-4-6-8-15/h4-10,13,21-22H,3,11-12,14H2,1-2H3. The molecule has 1 atom stereocenters. The van der Waals surface area contributed by atoms with E-state index in [2.05, 4.69) is 4.72 Å². The van der Waals surface area contributed by atoms with Crippen LogP contribution in [-0.4, -0.2) is 32.3 Å². The van der Waals surface area contributed by atoms with Crippen LogP contribution in [0.15, 0.2) is 53.4 Å². The predicted molar refractivity (Wildman–Crippen MR) is 98.1 cm³/mol. The lowest BCUT2D eigenvalue weighted by Gasteiger charge is -2.23. The van der Waals surface area contributed by atoms with Gasteiger partial charge in [-0.2, -0.15) is 0 Å². The van der Waals surface area contributed by atoms with Crippen molar-refractivity contribution in [2.24, 2.45) is 0 Å². The largest absolute Gasteiger partial charge is 0.491 e. The van der Waals surface area contributed by atoms with Crippen LogP contribution in [-0.2, 0) is 16.4 Å². The molecule has 2 aromatic carbocycles. The van der Waals surface area contributed by atoms with Crippen LogP contribution in [0.2, 0.25) is 0 Å². The van der Waals surface area contributed by atoms with E-state index in [0.29, 0.717) is 12.8 Å². The van der Waals surface area contributed by atoms with Crippen molar-refractivity contribution >= 4 is 10.0 Å². The smallest absolute Gasteiger partial charge is 0.240 e. The maximum absolute atomic E-state index is 13.9. The monoisotopic (exact) mass is 381 g/mol. The minimum Gasteiger partial charge on any atom is -0.491 e. The number of halogens is 1. The first-order valence-electron chi connectivity index (χ1n) is 8.42. The van der Waals surface area contributed by atoms with E-state index in [1.807, 2.05) is 30.3 Å². The third-order valence-corrected chi connectivity index (χ3v) is 5.35. The van der Waals surface area contributed by atoms with Gasteiger partial charge in [-0.3, -0.25) is 0 Å². The van der Waals surface area contributed by atoms with Crippen molar-refractivity contribution in [3.63, 3.8) is 0 Å². The van der Waals surface area contributed by atoms with E-state index in [4.69, 9.17) is 4.74 Å². The molecule has 0 saturated carbocycles. The summed E-state index contributed by atoms with van der Waals surface area (Å²) in [5.74, 6) is -0.744. The van der Waals surface area contributed by atoms with Crippen molar-refractivity contribution in [1.29, 1.82) is 0 Å². The van der Waals surface area contributed by atoms with Crippen LogP contribution in [0.3, 0.4) is 0 Å². The Morgan fingerprint density at radius 2 is 1.88 bits per heavy atom. The van der Waals surface area contributed by atoms with Gasteiger partial charge in [0.25, 0.3) is 0 Å². The summed E-state index contributed by atoms with van der Waals surface area (Å²) in [4.78, 5) is -0.211. The highest BCUT2D eigenvalue weighted by atomic mass is 32.2. The van der Waals surface area contributed by atoms with Crippen molar-refractivity contribution in [3.05, 3.63) is 59.9 Å². The molecule has 2 aromatic rings. The van der Waals surface area contributed by atoms with Crippen LogP contribution in [0.5, 0.6) is 5.75 Å². The van der Waals surface area contributed by atoms with Crippen LogP contribution in [0.1, 0.15) is 25.8 Å². The first kappa shape index (κ1) is 20.4. The van der Waals surface area contributed by atoms with E-state index >= 15 is 0 Å². The molecule has 0 aliphatic carbocycles. The average Bonchev–Trinajstić information content (AvgIpc) is 2.61. The van der Waals surface area contributed by atoms with Crippen LogP contribution in [0, 0.1) is 5.82 Å². The van der Waals surface area contributed by atoms with Crippen LogP contribution in [0.25, 0.3) is 0 Å². The predicted octanol–water partition coefficient (Wildman–Crippen LogP) is 2.89. The normalized spacial score (nSPS) is 14.0. The summed E-state index contributed by atoms with van der Waals surface area (Å²) < 4.78 is 46.0. The van der Waals surface area contributed by atoms with Crippen molar-refractivity contribution in [2.75, 3.05) is 13.2 Å². The third-order valence-electron chi connectivity index (χ3n) is 3.95.